The van der Waals surface area contributed by atoms with Crippen LogP contribution < -0.4 is 9.47 Å². The van der Waals surface area contributed by atoms with E-state index in [0.717, 1.165) is 55.5 Å². The van der Waals surface area contributed by atoms with Crippen molar-refractivity contribution >= 4 is 30.1 Å². The molecule has 1 saturated heterocycles. The minimum absolute atomic E-state index is 0.131. The monoisotopic (exact) mass is 483 g/mol. The summed E-state index contributed by atoms with van der Waals surface area (Å²) in [5, 5.41) is 3.72. The fourth-order valence-corrected chi connectivity index (χ4v) is 7.82. The number of nitrogens with zero attached hydrogens (tertiary/aromatic N) is 1. The van der Waals surface area contributed by atoms with Gasteiger partial charge in [0, 0.05) is 19.0 Å². The molecule has 0 saturated carbocycles. The lowest BCUT2D eigenvalue weighted by Crippen LogP contribution is -2.36. The number of ether oxygens (including phenoxy) is 4. The van der Waals surface area contributed by atoms with Crippen LogP contribution in [0.3, 0.4) is 0 Å². The summed E-state index contributed by atoms with van der Waals surface area (Å²) in [5.74, 6) is 2.56. The van der Waals surface area contributed by atoms with Crippen molar-refractivity contribution in [2.24, 2.45) is 0 Å². The molecule has 7 heteroatoms. The van der Waals surface area contributed by atoms with Gasteiger partial charge in [0.15, 0.2) is 11.5 Å². The lowest BCUT2D eigenvalue weighted by molar-refractivity contribution is 0.119. The van der Waals surface area contributed by atoms with E-state index in [0.29, 0.717) is 5.75 Å². The number of carbonyl (C=O) groups is 1. The second-order valence-electron chi connectivity index (χ2n) is 10.2. The van der Waals surface area contributed by atoms with Gasteiger partial charge in [0.2, 0.25) is 0 Å². The first-order valence-corrected chi connectivity index (χ1v) is 15.6. The molecule has 6 nitrogen and oxygen atoms in total. The van der Waals surface area contributed by atoms with Crippen LogP contribution in [0.1, 0.15) is 36.0 Å². The Balaban J connectivity index is 1.96. The van der Waals surface area contributed by atoms with E-state index < -0.39 is 8.07 Å². The number of allylic oxidation sites excluding steroid dienone is 1. The molecule has 2 aliphatic rings. The highest BCUT2D eigenvalue weighted by Gasteiger charge is 2.34. The van der Waals surface area contributed by atoms with E-state index in [1.807, 2.05) is 4.90 Å². The van der Waals surface area contributed by atoms with Crippen LogP contribution in [0.25, 0.3) is 16.0 Å². The number of rotatable bonds is 6. The molecule has 1 amide bonds. The van der Waals surface area contributed by atoms with Crippen molar-refractivity contribution in [3.63, 3.8) is 0 Å². The summed E-state index contributed by atoms with van der Waals surface area (Å²) in [6.45, 7) is 7.88. The Kier molecular flexibility index (Phi) is 6.85. The first-order chi connectivity index (χ1) is 16.2. The average Bonchev–Trinajstić information content (AvgIpc) is 3.29. The molecule has 0 unspecified atom stereocenters. The minimum Gasteiger partial charge on any atom is -0.501 e. The van der Waals surface area contributed by atoms with Crippen molar-refractivity contribution in [3.05, 3.63) is 40.6 Å². The highest BCUT2D eigenvalue weighted by molar-refractivity contribution is 6.94. The van der Waals surface area contributed by atoms with Crippen LogP contribution in [-0.4, -0.2) is 60.1 Å². The molecule has 34 heavy (non-hydrogen) atoms. The molecule has 184 valence electrons. The van der Waals surface area contributed by atoms with Crippen LogP contribution >= 0.6 is 0 Å². The Morgan fingerprint density at radius 1 is 0.971 bits per heavy atom. The number of amides is 1. The minimum atomic E-state index is -1.73. The number of hydrogen-bond donors (Lipinski definition) is 0. The number of likely N-dealkylation sites (tertiary alicyclic amines) is 1. The number of carbonyl (C=O) groups excluding carboxylic acids is 1. The van der Waals surface area contributed by atoms with Crippen molar-refractivity contribution in [1.82, 2.24) is 4.90 Å². The van der Waals surface area contributed by atoms with E-state index in [4.69, 9.17) is 18.9 Å². The quantitative estimate of drug-likeness (QED) is 0.485. The smallest absolute Gasteiger partial charge is 0.409 e. The third kappa shape index (κ3) is 4.26. The molecule has 0 bridgehead atoms. The standard InChI is InChI=1S/C27H37NO5Si/c1-30-22-11-10-17-13-18(14-19-9-8-12-28(19)27(29)33-4)20-15-23(31-2)24(32-3)16-21(20)25(17)26(22)34(5,6)7/h13,15-16,19H,8-12,14H2,1-7H3/t19-/m0/s1. The third-order valence-electron chi connectivity index (χ3n) is 7.20. The molecule has 2 aromatic rings. The predicted octanol–water partition coefficient (Wildman–Crippen LogP) is 5.81. The number of benzene rings is 2. The van der Waals surface area contributed by atoms with Crippen molar-refractivity contribution in [1.29, 1.82) is 0 Å². The van der Waals surface area contributed by atoms with E-state index in [1.54, 1.807) is 21.3 Å². The summed E-state index contributed by atoms with van der Waals surface area (Å²) in [6, 6.07) is 6.72. The fraction of sp³-hybridized carbons (Fsp3) is 0.519. The fourth-order valence-electron chi connectivity index (χ4n) is 5.72. The lowest BCUT2D eigenvalue weighted by Gasteiger charge is -2.33. The van der Waals surface area contributed by atoms with Crippen LogP contribution in [0.5, 0.6) is 11.5 Å². The largest absolute Gasteiger partial charge is 0.501 e. The molecule has 1 heterocycles. The first-order valence-electron chi connectivity index (χ1n) is 12.1. The molecular weight excluding hydrogens is 446 g/mol. The second-order valence-corrected chi connectivity index (χ2v) is 15.2. The van der Waals surface area contributed by atoms with E-state index in [-0.39, 0.29) is 12.1 Å². The molecule has 0 aromatic heterocycles. The van der Waals surface area contributed by atoms with Gasteiger partial charge in [0.25, 0.3) is 0 Å². The van der Waals surface area contributed by atoms with Crippen LogP contribution in [0.15, 0.2) is 24.0 Å². The molecule has 1 atom stereocenters. The van der Waals surface area contributed by atoms with E-state index >= 15 is 0 Å². The Morgan fingerprint density at radius 3 is 2.24 bits per heavy atom. The average molecular weight is 484 g/mol. The normalized spacial score (nSPS) is 18.2. The van der Waals surface area contributed by atoms with Gasteiger partial charge in [-0.3, -0.25) is 0 Å². The van der Waals surface area contributed by atoms with Gasteiger partial charge in [0.1, 0.15) is 0 Å². The maximum atomic E-state index is 12.4. The van der Waals surface area contributed by atoms with Crippen LogP contribution in [0.4, 0.5) is 4.79 Å². The summed E-state index contributed by atoms with van der Waals surface area (Å²) >= 11 is 0. The Bertz CT molecular complexity index is 1130. The second kappa shape index (κ2) is 9.53. The third-order valence-corrected chi connectivity index (χ3v) is 9.23. The van der Waals surface area contributed by atoms with Crippen molar-refractivity contribution in [3.8, 4) is 11.5 Å². The maximum Gasteiger partial charge on any atom is 0.409 e. The molecule has 0 N–H and O–H groups in total. The summed E-state index contributed by atoms with van der Waals surface area (Å²) in [7, 11) is 4.88. The Labute approximate surface area is 203 Å². The van der Waals surface area contributed by atoms with Crippen molar-refractivity contribution in [2.75, 3.05) is 35.0 Å². The zero-order chi connectivity index (χ0) is 24.6. The molecule has 0 spiro atoms. The van der Waals surface area contributed by atoms with Crippen LogP contribution in [0, 0.1) is 0 Å². The van der Waals surface area contributed by atoms with Gasteiger partial charge in [-0.1, -0.05) is 25.7 Å². The number of methoxy groups -OCH3 is 4. The van der Waals surface area contributed by atoms with Crippen LogP contribution in [-0.2, 0) is 22.3 Å². The topological polar surface area (TPSA) is 57.2 Å². The molecule has 2 aromatic carbocycles. The summed E-state index contributed by atoms with van der Waals surface area (Å²) in [6.07, 6.45) is 4.39. The van der Waals surface area contributed by atoms with Gasteiger partial charge < -0.3 is 23.8 Å². The van der Waals surface area contributed by atoms with Gasteiger partial charge >= 0.3 is 6.09 Å². The van der Waals surface area contributed by atoms with Crippen molar-refractivity contribution in [2.45, 2.75) is 57.8 Å². The molecule has 1 aliphatic heterocycles. The van der Waals surface area contributed by atoms with Gasteiger partial charge in [-0.2, -0.15) is 0 Å². The zero-order valence-corrected chi connectivity index (χ0v) is 22.5. The summed E-state index contributed by atoms with van der Waals surface area (Å²) in [5.41, 5.74) is 3.90. The van der Waals surface area contributed by atoms with E-state index in [9.17, 15) is 4.79 Å². The Morgan fingerprint density at radius 2 is 1.65 bits per heavy atom. The molecular formula is C27H37NO5Si. The highest BCUT2D eigenvalue weighted by Crippen LogP contribution is 2.45. The number of aryl methyl sites for hydroxylation is 1. The zero-order valence-electron chi connectivity index (χ0n) is 21.5. The predicted molar refractivity (Wildman–Crippen MR) is 138 cm³/mol. The molecule has 1 fully saturated rings. The van der Waals surface area contributed by atoms with E-state index in [2.05, 4.69) is 37.8 Å². The SMILES string of the molecule is COC(=O)N1CCC[C@H]1Cc1cc2c(c3cc(OC)c(OC)cc13)C([Si](C)(C)C)=C(OC)CC2. The van der Waals surface area contributed by atoms with E-state index in [1.165, 1.54) is 34.4 Å². The lowest BCUT2D eigenvalue weighted by atomic mass is 9.86. The highest BCUT2D eigenvalue weighted by atomic mass is 28.3. The molecule has 0 radical (unpaired) electrons. The van der Waals surface area contributed by atoms with Gasteiger partial charge in [-0.25, -0.2) is 4.79 Å². The van der Waals surface area contributed by atoms with Gasteiger partial charge in [0.05, 0.1) is 42.3 Å². The summed E-state index contributed by atoms with van der Waals surface area (Å²) < 4.78 is 22.4. The number of hydrogen-bond acceptors (Lipinski definition) is 5. The van der Waals surface area contributed by atoms with Crippen LogP contribution in [0.2, 0.25) is 19.6 Å². The first kappa shape index (κ1) is 24.5. The molecule has 1 aliphatic carbocycles. The van der Waals surface area contributed by atoms with Gasteiger partial charge in [-0.05, 0) is 70.5 Å². The molecule has 4 rings (SSSR count). The maximum absolute atomic E-state index is 12.4. The van der Waals surface area contributed by atoms with Crippen molar-refractivity contribution < 1.29 is 23.7 Å². The summed E-state index contributed by atoms with van der Waals surface area (Å²) in [4.78, 5) is 14.2. The Hall–Kier alpha value is -2.67. The number of fused-ring (bicyclic) bond motifs is 3. The van der Waals surface area contributed by atoms with Gasteiger partial charge in [-0.15, -0.1) is 0 Å².